The Hall–Kier alpha value is -1.95. The molecule has 6 heteroatoms. The maximum absolute atomic E-state index is 13.8. The van der Waals surface area contributed by atoms with Gasteiger partial charge in [-0.25, -0.2) is 14.1 Å². The molecule has 1 aromatic heterocycles. The fourth-order valence-corrected chi connectivity index (χ4v) is 2.00. The van der Waals surface area contributed by atoms with E-state index in [1.165, 1.54) is 12.4 Å². The zero-order valence-corrected chi connectivity index (χ0v) is 11.6. The molecule has 0 atom stereocenters. The highest BCUT2D eigenvalue weighted by Gasteiger charge is 2.11. The van der Waals surface area contributed by atoms with Crippen LogP contribution in [0.3, 0.4) is 0 Å². The fourth-order valence-electron chi connectivity index (χ4n) is 2.00. The highest BCUT2D eigenvalue weighted by molar-refractivity contribution is 5.35. The number of aromatic nitrogens is 3. The summed E-state index contributed by atoms with van der Waals surface area (Å²) in [5.74, 6) is 0.565. The fraction of sp³-hybridized carbons (Fsp3) is 0.429. The van der Waals surface area contributed by atoms with Crippen molar-refractivity contribution >= 4 is 0 Å². The van der Waals surface area contributed by atoms with Crippen LogP contribution in [-0.4, -0.2) is 21.3 Å². The molecule has 0 radical (unpaired) electrons. The number of rotatable bonds is 7. The van der Waals surface area contributed by atoms with Crippen molar-refractivity contribution in [3.05, 3.63) is 41.7 Å². The maximum atomic E-state index is 13.8. The van der Waals surface area contributed by atoms with Gasteiger partial charge in [-0.1, -0.05) is 19.1 Å². The van der Waals surface area contributed by atoms with Crippen LogP contribution in [0.25, 0.3) is 0 Å². The lowest BCUT2D eigenvalue weighted by atomic mass is 10.1. The Balaban J connectivity index is 2.12. The number of ether oxygens (including phenoxy) is 1. The first-order valence-electron chi connectivity index (χ1n) is 6.73. The van der Waals surface area contributed by atoms with Gasteiger partial charge in [0.1, 0.15) is 12.9 Å². The number of hydrogen-bond acceptors (Lipinski definition) is 4. The minimum Gasteiger partial charge on any atom is -0.482 e. The molecule has 20 heavy (non-hydrogen) atoms. The third-order valence-corrected chi connectivity index (χ3v) is 2.94. The number of para-hydroxylation sites is 1. The third kappa shape index (κ3) is 3.33. The average Bonchev–Trinajstić information content (AvgIpc) is 2.86. The van der Waals surface area contributed by atoms with Gasteiger partial charge < -0.3 is 10.5 Å². The molecule has 0 fully saturated rings. The minimum absolute atomic E-state index is 0.193. The van der Waals surface area contributed by atoms with Gasteiger partial charge in [-0.15, -0.1) is 0 Å². The van der Waals surface area contributed by atoms with Crippen LogP contribution < -0.4 is 10.5 Å². The lowest BCUT2D eigenvalue weighted by Crippen LogP contribution is -2.11. The lowest BCUT2D eigenvalue weighted by molar-refractivity contribution is 0.269. The molecule has 2 aromatic rings. The standard InChI is InChI=1S/C14H19FN4O/c1-2-8-19-13(17-10-18-19)9-20-14-11(6-7-16)4-3-5-12(14)15/h3-5,10H,2,6-9,16H2,1H3. The van der Waals surface area contributed by atoms with Gasteiger partial charge in [0.05, 0.1) is 0 Å². The largest absolute Gasteiger partial charge is 0.482 e. The van der Waals surface area contributed by atoms with Crippen molar-refractivity contribution in [2.24, 2.45) is 5.73 Å². The molecule has 108 valence electrons. The van der Waals surface area contributed by atoms with Crippen molar-refractivity contribution in [1.29, 1.82) is 0 Å². The van der Waals surface area contributed by atoms with E-state index in [0.717, 1.165) is 18.5 Å². The van der Waals surface area contributed by atoms with Crippen LogP contribution >= 0.6 is 0 Å². The van der Waals surface area contributed by atoms with E-state index in [4.69, 9.17) is 10.5 Å². The van der Waals surface area contributed by atoms with Crippen molar-refractivity contribution in [2.75, 3.05) is 6.54 Å². The predicted molar refractivity (Wildman–Crippen MR) is 73.8 cm³/mol. The van der Waals surface area contributed by atoms with E-state index < -0.39 is 0 Å². The highest BCUT2D eigenvalue weighted by atomic mass is 19.1. The van der Waals surface area contributed by atoms with E-state index >= 15 is 0 Å². The second-order valence-corrected chi connectivity index (χ2v) is 4.45. The molecule has 0 spiro atoms. The first-order chi connectivity index (χ1) is 9.76. The van der Waals surface area contributed by atoms with Crippen LogP contribution in [0.5, 0.6) is 5.75 Å². The van der Waals surface area contributed by atoms with Crippen LogP contribution in [-0.2, 0) is 19.6 Å². The van der Waals surface area contributed by atoms with Crippen LogP contribution in [0.15, 0.2) is 24.5 Å². The van der Waals surface area contributed by atoms with Gasteiger partial charge in [0.15, 0.2) is 17.4 Å². The van der Waals surface area contributed by atoms with Crippen LogP contribution in [0, 0.1) is 5.82 Å². The Kier molecular flexibility index (Phi) is 5.06. The van der Waals surface area contributed by atoms with Crippen LogP contribution in [0.2, 0.25) is 0 Å². The molecule has 0 saturated heterocycles. The predicted octanol–water partition coefficient (Wildman–Crippen LogP) is 1.91. The van der Waals surface area contributed by atoms with Gasteiger partial charge in [-0.2, -0.15) is 5.10 Å². The molecule has 0 aliphatic heterocycles. The Bertz CT molecular complexity index is 556. The summed E-state index contributed by atoms with van der Waals surface area (Å²) in [5.41, 5.74) is 6.30. The summed E-state index contributed by atoms with van der Waals surface area (Å²) in [6, 6.07) is 4.86. The first kappa shape index (κ1) is 14.5. The molecule has 2 N–H and O–H groups in total. The monoisotopic (exact) mass is 278 g/mol. The molecular weight excluding hydrogens is 259 g/mol. The molecule has 0 bridgehead atoms. The van der Waals surface area contributed by atoms with Crippen molar-refractivity contribution in [2.45, 2.75) is 32.9 Å². The summed E-state index contributed by atoms with van der Waals surface area (Å²) < 4.78 is 21.2. The van der Waals surface area contributed by atoms with Crippen LogP contribution in [0.4, 0.5) is 4.39 Å². The minimum atomic E-state index is -0.377. The number of nitrogens with two attached hydrogens (primary N) is 1. The summed E-state index contributed by atoms with van der Waals surface area (Å²) in [6.45, 7) is 3.47. The van der Waals surface area contributed by atoms with Gasteiger partial charge in [0.25, 0.3) is 0 Å². The molecule has 1 aromatic carbocycles. The molecule has 0 amide bonds. The zero-order valence-electron chi connectivity index (χ0n) is 11.6. The molecule has 0 aliphatic rings. The summed E-state index contributed by atoms with van der Waals surface area (Å²) in [5, 5.41) is 4.11. The van der Waals surface area contributed by atoms with Crippen molar-refractivity contribution in [3.63, 3.8) is 0 Å². The number of hydrogen-bond donors (Lipinski definition) is 1. The van der Waals surface area contributed by atoms with Gasteiger partial charge in [-0.05, 0) is 31.0 Å². The van der Waals surface area contributed by atoms with E-state index in [1.54, 1.807) is 10.7 Å². The third-order valence-electron chi connectivity index (χ3n) is 2.94. The van der Waals surface area contributed by atoms with Gasteiger partial charge in [0.2, 0.25) is 0 Å². The SMILES string of the molecule is CCCn1ncnc1COc1c(F)cccc1CCN. The zero-order chi connectivity index (χ0) is 14.4. The summed E-state index contributed by atoms with van der Waals surface area (Å²) in [4.78, 5) is 4.13. The first-order valence-corrected chi connectivity index (χ1v) is 6.73. The van der Waals surface area contributed by atoms with Crippen molar-refractivity contribution in [3.8, 4) is 5.75 Å². The Morgan fingerprint density at radius 1 is 1.40 bits per heavy atom. The number of benzene rings is 1. The van der Waals surface area contributed by atoms with E-state index in [2.05, 4.69) is 17.0 Å². The molecule has 0 unspecified atom stereocenters. The summed E-state index contributed by atoms with van der Waals surface area (Å²) >= 11 is 0. The molecule has 1 heterocycles. The Morgan fingerprint density at radius 3 is 3.00 bits per heavy atom. The van der Waals surface area contributed by atoms with Crippen LogP contribution in [0.1, 0.15) is 24.7 Å². The van der Waals surface area contributed by atoms with E-state index in [9.17, 15) is 4.39 Å². The van der Waals surface area contributed by atoms with E-state index in [1.807, 2.05) is 6.07 Å². The number of nitrogens with zero attached hydrogens (tertiary/aromatic N) is 3. The van der Waals surface area contributed by atoms with Crippen molar-refractivity contribution in [1.82, 2.24) is 14.8 Å². The maximum Gasteiger partial charge on any atom is 0.165 e. The van der Waals surface area contributed by atoms with Gasteiger partial charge in [-0.3, -0.25) is 0 Å². The van der Waals surface area contributed by atoms with Gasteiger partial charge >= 0.3 is 0 Å². The highest BCUT2D eigenvalue weighted by Crippen LogP contribution is 2.23. The van der Waals surface area contributed by atoms with E-state index in [0.29, 0.717) is 18.8 Å². The summed E-state index contributed by atoms with van der Waals surface area (Å²) in [7, 11) is 0. The average molecular weight is 278 g/mol. The quantitative estimate of drug-likeness (QED) is 0.840. The van der Waals surface area contributed by atoms with Gasteiger partial charge in [0, 0.05) is 6.54 Å². The second-order valence-electron chi connectivity index (χ2n) is 4.45. The molecule has 0 saturated carbocycles. The van der Waals surface area contributed by atoms with Crippen molar-refractivity contribution < 1.29 is 9.13 Å². The Morgan fingerprint density at radius 2 is 2.25 bits per heavy atom. The Labute approximate surface area is 117 Å². The number of halogens is 1. The molecule has 2 rings (SSSR count). The smallest absolute Gasteiger partial charge is 0.165 e. The normalized spacial score (nSPS) is 10.8. The molecular formula is C14H19FN4O. The number of aryl methyl sites for hydroxylation is 1. The topological polar surface area (TPSA) is 66.0 Å². The van der Waals surface area contributed by atoms with E-state index in [-0.39, 0.29) is 18.2 Å². The summed E-state index contributed by atoms with van der Waals surface area (Å²) in [6.07, 6.45) is 3.01. The second kappa shape index (κ2) is 7.00. The lowest BCUT2D eigenvalue weighted by Gasteiger charge is -2.12. The molecule has 5 nitrogen and oxygen atoms in total. The molecule has 0 aliphatic carbocycles.